The summed E-state index contributed by atoms with van der Waals surface area (Å²) in [6, 6.07) is 0. The lowest BCUT2D eigenvalue weighted by atomic mass is 9.60. The Morgan fingerprint density at radius 3 is 2.88 bits per heavy atom. The third-order valence-corrected chi connectivity index (χ3v) is 4.48. The zero-order chi connectivity index (χ0) is 12.6. The fourth-order valence-electron chi connectivity index (χ4n) is 3.16. The Bertz CT molecular complexity index is 415. The van der Waals surface area contributed by atoms with Crippen molar-refractivity contribution in [1.82, 2.24) is 0 Å². The zero-order valence-electron chi connectivity index (χ0n) is 10.7. The minimum absolute atomic E-state index is 0.0810. The van der Waals surface area contributed by atoms with Crippen molar-refractivity contribution < 1.29 is 4.79 Å². The van der Waals surface area contributed by atoms with Gasteiger partial charge in [0.1, 0.15) is 0 Å². The molecule has 0 spiro atoms. The lowest BCUT2D eigenvalue weighted by Crippen LogP contribution is -2.39. The van der Waals surface area contributed by atoms with Crippen molar-refractivity contribution in [2.24, 2.45) is 29.4 Å². The maximum atomic E-state index is 11.4. The van der Waals surface area contributed by atoms with Crippen LogP contribution in [0.2, 0.25) is 0 Å². The van der Waals surface area contributed by atoms with Crippen LogP contribution in [-0.4, -0.2) is 5.78 Å². The normalized spacial score (nSPS) is 35.3. The molecule has 0 saturated heterocycles. The van der Waals surface area contributed by atoms with Crippen molar-refractivity contribution in [3.05, 3.63) is 29.7 Å². The van der Waals surface area contributed by atoms with Crippen molar-refractivity contribution in [1.29, 1.82) is 0 Å². The van der Waals surface area contributed by atoms with Crippen molar-refractivity contribution in [2.45, 2.75) is 33.1 Å². The van der Waals surface area contributed by atoms with Crippen LogP contribution in [0.1, 0.15) is 33.1 Å². The second-order valence-electron chi connectivity index (χ2n) is 5.36. The van der Waals surface area contributed by atoms with Crippen LogP contribution in [0.4, 0.5) is 0 Å². The molecule has 0 heterocycles. The van der Waals surface area contributed by atoms with Crippen LogP contribution in [0.15, 0.2) is 29.7 Å². The van der Waals surface area contributed by atoms with Gasteiger partial charge in [-0.05, 0) is 43.3 Å². The predicted molar refractivity (Wildman–Crippen MR) is 69.1 cm³/mol. The summed E-state index contributed by atoms with van der Waals surface area (Å²) < 4.78 is 0. The summed E-state index contributed by atoms with van der Waals surface area (Å²) in [5, 5.41) is 0. The Labute approximate surface area is 103 Å². The molecule has 2 aliphatic rings. The monoisotopic (exact) mass is 231 g/mol. The van der Waals surface area contributed by atoms with E-state index in [1.54, 1.807) is 6.92 Å². The Morgan fingerprint density at radius 1 is 1.59 bits per heavy atom. The molecule has 0 bridgehead atoms. The van der Waals surface area contributed by atoms with Gasteiger partial charge < -0.3 is 5.73 Å². The maximum Gasteiger partial charge on any atom is 0.155 e. The van der Waals surface area contributed by atoms with Crippen LogP contribution in [0, 0.1) is 23.7 Å². The first kappa shape index (κ1) is 12.2. The molecular weight excluding hydrogens is 210 g/mol. The van der Waals surface area contributed by atoms with Gasteiger partial charge in [0.25, 0.3) is 0 Å². The number of carbonyl (C=O) groups is 1. The highest BCUT2D eigenvalue weighted by Crippen LogP contribution is 2.49. The van der Waals surface area contributed by atoms with Crippen LogP contribution in [0.5, 0.6) is 0 Å². The van der Waals surface area contributed by atoms with E-state index in [0.717, 1.165) is 18.0 Å². The van der Waals surface area contributed by atoms with Crippen molar-refractivity contribution >= 4 is 5.78 Å². The van der Waals surface area contributed by atoms with Crippen LogP contribution < -0.4 is 5.73 Å². The molecule has 0 amide bonds. The molecule has 2 N–H and O–H groups in total. The van der Waals surface area contributed by atoms with E-state index >= 15 is 0 Å². The van der Waals surface area contributed by atoms with E-state index in [0.29, 0.717) is 17.4 Å². The molecule has 92 valence electrons. The zero-order valence-corrected chi connectivity index (χ0v) is 10.7. The minimum atomic E-state index is 0.0810. The topological polar surface area (TPSA) is 43.1 Å². The lowest BCUT2D eigenvalue weighted by Gasteiger charge is -2.45. The average molecular weight is 231 g/mol. The molecule has 0 aliphatic heterocycles. The number of hydrogen-bond donors (Lipinski definition) is 1. The Hall–Kier alpha value is -1.27. The number of allylic oxidation sites excluding steroid dienone is 2. The van der Waals surface area contributed by atoms with Crippen LogP contribution in [0.3, 0.4) is 0 Å². The molecule has 1 saturated carbocycles. The van der Waals surface area contributed by atoms with E-state index in [2.05, 4.69) is 19.2 Å². The summed E-state index contributed by atoms with van der Waals surface area (Å²) in [6.45, 7) is 7.73. The maximum absolute atomic E-state index is 11.4. The summed E-state index contributed by atoms with van der Waals surface area (Å²) >= 11 is 0. The van der Waals surface area contributed by atoms with E-state index < -0.39 is 0 Å². The predicted octanol–water partition coefficient (Wildman–Crippen LogP) is 2.81. The van der Waals surface area contributed by atoms with Gasteiger partial charge in [-0.15, -0.1) is 5.73 Å². The molecule has 1 fully saturated rings. The number of nitrogens with two attached hydrogens (primary N) is 1. The first-order valence-corrected chi connectivity index (χ1v) is 6.46. The van der Waals surface area contributed by atoms with Crippen molar-refractivity contribution in [2.75, 3.05) is 0 Å². The van der Waals surface area contributed by atoms with Gasteiger partial charge in [0.15, 0.2) is 5.78 Å². The summed E-state index contributed by atoms with van der Waals surface area (Å²) in [4.78, 5) is 11.4. The number of hydrogen-bond acceptors (Lipinski definition) is 2. The highest BCUT2D eigenvalue weighted by Gasteiger charge is 2.43. The number of ketones is 1. The molecule has 0 aromatic carbocycles. The van der Waals surface area contributed by atoms with Gasteiger partial charge in [0, 0.05) is 11.8 Å². The van der Waals surface area contributed by atoms with E-state index in [1.165, 1.54) is 12.8 Å². The summed E-state index contributed by atoms with van der Waals surface area (Å²) in [6.07, 6.45) is 5.35. The molecule has 2 unspecified atom stereocenters. The molecule has 0 radical (unpaired) electrons. The smallest absolute Gasteiger partial charge is 0.155 e. The SMILES string of the molecule is C=C(C(C)=O)C1C=C=C(N)[C@H]2CC(CC)[C@H]2C1. The number of carbonyl (C=O) groups excluding carboxylic acids is 1. The van der Waals surface area contributed by atoms with E-state index in [9.17, 15) is 4.79 Å². The standard InChI is InChI=1S/C15H21NO/c1-4-11-7-14-13(11)8-12(5-6-15(14)16)9(2)10(3)17/h5,11-14H,2,4,7-8,16H2,1,3H3/t11?,12?,13-,14+/m1/s1. The minimum Gasteiger partial charge on any atom is -0.396 e. The van der Waals surface area contributed by atoms with Gasteiger partial charge >= 0.3 is 0 Å². The Balaban J connectivity index is 2.19. The fourth-order valence-corrected chi connectivity index (χ4v) is 3.16. The third kappa shape index (κ3) is 2.10. The second-order valence-corrected chi connectivity index (χ2v) is 5.36. The number of Topliss-reactive ketones (excluding diaryl/α,β-unsaturated/α-hetero) is 1. The number of rotatable bonds is 3. The average Bonchev–Trinajstić information content (AvgIpc) is 2.38. The largest absolute Gasteiger partial charge is 0.396 e. The van der Waals surface area contributed by atoms with E-state index in [-0.39, 0.29) is 11.7 Å². The first-order valence-electron chi connectivity index (χ1n) is 6.46. The van der Waals surface area contributed by atoms with Crippen LogP contribution in [0.25, 0.3) is 0 Å². The fraction of sp³-hybridized carbons (Fsp3) is 0.600. The molecule has 2 aliphatic carbocycles. The lowest BCUT2D eigenvalue weighted by molar-refractivity contribution is -0.114. The van der Waals surface area contributed by atoms with Gasteiger partial charge in [-0.3, -0.25) is 4.79 Å². The molecule has 2 heteroatoms. The molecule has 2 nitrogen and oxygen atoms in total. The van der Waals surface area contributed by atoms with E-state index in [1.807, 2.05) is 6.08 Å². The summed E-state index contributed by atoms with van der Waals surface area (Å²) in [5.74, 6) is 2.08. The first-order chi connectivity index (χ1) is 8.04. The molecule has 0 aromatic heterocycles. The molecule has 4 atom stereocenters. The summed E-state index contributed by atoms with van der Waals surface area (Å²) in [7, 11) is 0. The molecular formula is C15H21NO. The van der Waals surface area contributed by atoms with Crippen molar-refractivity contribution in [3.63, 3.8) is 0 Å². The highest BCUT2D eigenvalue weighted by atomic mass is 16.1. The van der Waals surface area contributed by atoms with Crippen LogP contribution >= 0.6 is 0 Å². The van der Waals surface area contributed by atoms with Gasteiger partial charge in [-0.1, -0.05) is 19.9 Å². The van der Waals surface area contributed by atoms with Gasteiger partial charge in [-0.2, -0.15) is 0 Å². The van der Waals surface area contributed by atoms with E-state index in [4.69, 9.17) is 5.73 Å². The van der Waals surface area contributed by atoms with Crippen LogP contribution in [-0.2, 0) is 4.79 Å². The third-order valence-electron chi connectivity index (χ3n) is 4.48. The van der Waals surface area contributed by atoms with Gasteiger partial charge in [-0.25, -0.2) is 0 Å². The molecule has 2 rings (SSSR count). The second kappa shape index (κ2) is 4.54. The Kier molecular flexibility index (Phi) is 3.26. The molecule has 0 aromatic rings. The highest BCUT2D eigenvalue weighted by molar-refractivity contribution is 5.93. The Morgan fingerprint density at radius 2 is 2.29 bits per heavy atom. The number of fused-ring (bicyclic) bond motifs is 1. The van der Waals surface area contributed by atoms with Gasteiger partial charge in [0.2, 0.25) is 0 Å². The summed E-state index contributed by atoms with van der Waals surface area (Å²) in [5.41, 5.74) is 10.8. The van der Waals surface area contributed by atoms with Gasteiger partial charge in [0.05, 0.1) is 5.70 Å². The van der Waals surface area contributed by atoms with Crippen molar-refractivity contribution in [3.8, 4) is 0 Å². The quantitative estimate of drug-likeness (QED) is 0.599. The molecule has 17 heavy (non-hydrogen) atoms.